The number of ether oxygens (including phenoxy) is 1. The van der Waals surface area contributed by atoms with Gasteiger partial charge in [-0.15, -0.1) is 0 Å². The van der Waals surface area contributed by atoms with Crippen LogP contribution in [0.2, 0.25) is 0 Å². The lowest BCUT2D eigenvalue weighted by Crippen LogP contribution is -2.04. The summed E-state index contributed by atoms with van der Waals surface area (Å²) in [6.45, 7) is 0. The molecule has 1 atom stereocenters. The quantitative estimate of drug-likeness (QED) is 0.703. The van der Waals surface area contributed by atoms with Gasteiger partial charge in [0.15, 0.2) is 6.10 Å². The highest BCUT2D eigenvalue weighted by atomic mass is 19.1. The summed E-state index contributed by atoms with van der Waals surface area (Å²) in [4.78, 5) is 0. The third-order valence-corrected chi connectivity index (χ3v) is 1.61. The largest absolute Gasteiger partial charge is 0.362 e. The molecule has 0 saturated carbocycles. The molecule has 0 aliphatic heterocycles. The molecule has 0 aliphatic carbocycles. The van der Waals surface area contributed by atoms with E-state index in [-0.39, 0.29) is 5.56 Å². The second-order valence-corrected chi connectivity index (χ2v) is 2.38. The molecular weight excluding hydrogens is 176 g/mol. The van der Waals surface area contributed by atoms with Gasteiger partial charge >= 0.3 is 0 Å². The lowest BCUT2D eigenvalue weighted by Gasteiger charge is -2.08. The number of benzene rings is 1. The van der Waals surface area contributed by atoms with Gasteiger partial charge in [0.1, 0.15) is 11.6 Å². The van der Waals surface area contributed by atoms with E-state index in [1.54, 1.807) is 6.07 Å². The van der Waals surface area contributed by atoms with Gasteiger partial charge in [-0.25, -0.2) is 8.78 Å². The van der Waals surface area contributed by atoms with Crippen LogP contribution in [0, 0.1) is 23.0 Å². The van der Waals surface area contributed by atoms with Gasteiger partial charge in [0.25, 0.3) is 0 Å². The predicted molar refractivity (Wildman–Crippen MR) is 41.7 cm³/mol. The molecule has 0 amide bonds. The van der Waals surface area contributed by atoms with Crippen LogP contribution in [0.4, 0.5) is 8.78 Å². The Bertz CT molecular complexity index is 326. The van der Waals surface area contributed by atoms with Gasteiger partial charge in [-0.1, -0.05) is 6.07 Å². The summed E-state index contributed by atoms with van der Waals surface area (Å²) in [6.07, 6.45) is -1.19. The lowest BCUT2D eigenvalue weighted by molar-refractivity contribution is 0.141. The van der Waals surface area contributed by atoms with Gasteiger partial charge in [0, 0.05) is 7.11 Å². The first-order chi connectivity index (χ1) is 6.20. The first kappa shape index (κ1) is 9.62. The molecule has 68 valence electrons. The maximum Gasteiger partial charge on any atom is 0.174 e. The van der Waals surface area contributed by atoms with Crippen molar-refractivity contribution < 1.29 is 13.5 Å². The summed E-state index contributed by atoms with van der Waals surface area (Å²) in [6, 6.07) is 5.05. The van der Waals surface area contributed by atoms with Crippen molar-refractivity contribution in [1.82, 2.24) is 0 Å². The minimum atomic E-state index is -1.19. The fourth-order valence-electron chi connectivity index (χ4n) is 0.996. The summed E-state index contributed by atoms with van der Waals surface area (Å²) in [7, 11) is 1.22. The molecule has 2 nitrogen and oxygen atoms in total. The third-order valence-electron chi connectivity index (χ3n) is 1.61. The molecule has 1 aromatic rings. The van der Waals surface area contributed by atoms with Crippen molar-refractivity contribution in [2.45, 2.75) is 6.10 Å². The zero-order valence-corrected chi connectivity index (χ0v) is 6.92. The van der Waals surface area contributed by atoms with Crippen molar-refractivity contribution in [2.24, 2.45) is 0 Å². The van der Waals surface area contributed by atoms with Crippen LogP contribution < -0.4 is 0 Å². The summed E-state index contributed by atoms with van der Waals surface area (Å²) in [5.41, 5.74) is -0.340. The van der Waals surface area contributed by atoms with E-state index in [1.807, 2.05) is 0 Å². The molecule has 1 rings (SSSR count). The molecule has 0 aliphatic rings. The Hall–Kier alpha value is -1.47. The van der Waals surface area contributed by atoms with E-state index in [1.165, 1.54) is 13.2 Å². The molecule has 0 radical (unpaired) electrons. The van der Waals surface area contributed by atoms with Crippen LogP contribution in [0.5, 0.6) is 0 Å². The average molecular weight is 183 g/mol. The van der Waals surface area contributed by atoms with Crippen molar-refractivity contribution in [3.63, 3.8) is 0 Å². The van der Waals surface area contributed by atoms with Gasteiger partial charge in [0.05, 0.1) is 11.6 Å². The number of hydrogen-bond donors (Lipinski definition) is 0. The number of methoxy groups -OCH3 is 1. The molecule has 0 bridgehead atoms. The van der Waals surface area contributed by atoms with Crippen molar-refractivity contribution in [2.75, 3.05) is 7.11 Å². The van der Waals surface area contributed by atoms with Gasteiger partial charge in [-0.05, 0) is 12.1 Å². The van der Waals surface area contributed by atoms with Crippen LogP contribution in [0.15, 0.2) is 18.2 Å². The Morgan fingerprint density at radius 2 is 1.92 bits per heavy atom. The minimum absolute atomic E-state index is 0.340. The highest BCUT2D eigenvalue weighted by molar-refractivity contribution is 5.25. The summed E-state index contributed by atoms with van der Waals surface area (Å²) in [5.74, 6) is -1.54. The van der Waals surface area contributed by atoms with Crippen LogP contribution in [-0.4, -0.2) is 7.11 Å². The average Bonchev–Trinajstić information content (AvgIpc) is 2.11. The lowest BCUT2D eigenvalue weighted by atomic mass is 10.1. The molecule has 0 saturated heterocycles. The molecule has 1 unspecified atom stereocenters. The normalized spacial score (nSPS) is 12.2. The second kappa shape index (κ2) is 3.97. The molecule has 0 N–H and O–H groups in total. The summed E-state index contributed by atoms with van der Waals surface area (Å²) in [5, 5.41) is 8.52. The number of nitrogens with zero attached hydrogens (tertiary/aromatic N) is 1. The molecule has 0 heterocycles. The summed E-state index contributed by atoms with van der Waals surface area (Å²) >= 11 is 0. The van der Waals surface area contributed by atoms with Crippen LogP contribution in [-0.2, 0) is 4.74 Å². The van der Waals surface area contributed by atoms with E-state index >= 15 is 0 Å². The molecule has 1 aromatic carbocycles. The zero-order valence-electron chi connectivity index (χ0n) is 6.92. The highest BCUT2D eigenvalue weighted by Crippen LogP contribution is 2.22. The van der Waals surface area contributed by atoms with Crippen molar-refractivity contribution >= 4 is 0 Å². The van der Waals surface area contributed by atoms with Crippen LogP contribution >= 0.6 is 0 Å². The Labute approximate surface area is 74.4 Å². The van der Waals surface area contributed by atoms with Crippen LogP contribution in [0.1, 0.15) is 11.7 Å². The maximum atomic E-state index is 13.0. The topological polar surface area (TPSA) is 33.0 Å². The number of rotatable bonds is 2. The van der Waals surface area contributed by atoms with Crippen molar-refractivity contribution in [1.29, 1.82) is 5.26 Å². The number of halogens is 2. The first-order valence-corrected chi connectivity index (χ1v) is 3.57. The van der Waals surface area contributed by atoms with E-state index in [4.69, 9.17) is 5.26 Å². The molecule has 4 heteroatoms. The SMILES string of the molecule is COC(C#N)c1c(F)cccc1F. The molecule has 13 heavy (non-hydrogen) atoms. The third kappa shape index (κ3) is 1.82. The van der Waals surface area contributed by atoms with Crippen molar-refractivity contribution in [3.05, 3.63) is 35.4 Å². The minimum Gasteiger partial charge on any atom is -0.362 e. The molecular formula is C9H7F2NO. The highest BCUT2D eigenvalue weighted by Gasteiger charge is 2.18. The Morgan fingerprint density at radius 3 is 2.31 bits per heavy atom. The molecule has 0 fully saturated rings. The van der Waals surface area contributed by atoms with E-state index in [9.17, 15) is 8.78 Å². The van der Waals surface area contributed by atoms with Crippen LogP contribution in [0.25, 0.3) is 0 Å². The van der Waals surface area contributed by atoms with E-state index in [2.05, 4.69) is 4.74 Å². The van der Waals surface area contributed by atoms with E-state index in [0.717, 1.165) is 12.1 Å². The zero-order chi connectivity index (χ0) is 9.84. The number of nitriles is 1. The smallest absolute Gasteiger partial charge is 0.174 e. The molecule has 0 spiro atoms. The van der Waals surface area contributed by atoms with E-state index < -0.39 is 17.7 Å². The fourth-order valence-corrected chi connectivity index (χ4v) is 0.996. The van der Waals surface area contributed by atoms with Gasteiger partial charge < -0.3 is 4.74 Å². The van der Waals surface area contributed by atoms with E-state index in [0.29, 0.717) is 0 Å². The Kier molecular flexibility index (Phi) is 2.93. The standard InChI is InChI=1S/C9H7F2NO/c1-13-8(5-12)9-6(10)3-2-4-7(9)11/h2-4,8H,1H3. The summed E-state index contributed by atoms with van der Waals surface area (Å²) < 4.78 is 30.6. The van der Waals surface area contributed by atoms with Crippen molar-refractivity contribution in [3.8, 4) is 6.07 Å². The maximum absolute atomic E-state index is 13.0. The monoisotopic (exact) mass is 183 g/mol. The predicted octanol–water partition coefficient (Wildman–Crippen LogP) is 2.18. The fraction of sp³-hybridized carbons (Fsp3) is 0.222. The second-order valence-electron chi connectivity index (χ2n) is 2.38. The van der Waals surface area contributed by atoms with Gasteiger partial charge in [-0.2, -0.15) is 5.26 Å². The Balaban J connectivity index is 3.20. The van der Waals surface area contributed by atoms with Crippen LogP contribution in [0.3, 0.4) is 0 Å². The van der Waals surface area contributed by atoms with Gasteiger partial charge in [0.2, 0.25) is 0 Å². The number of hydrogen-bond acceptors (Lipinski definition) is 2. The molecule has 0 aromatic heterocycles. The first-order valence-electron chi connectivity index (χ1n) is 3.57. The van der Waals surface area contributed by atoms with Gasteiger partial charge in [-0.3, -0.25) is 0 Å². The Morgan fingerprint density at radius 1 is 1.38 bits per heavy atom.